The van der Waals surface area contributed by atoms with Gasteiger partial charge in [0, 0.05) is 12.3 Å². The Labute approximate surface area is 149 Å². The minimum absolute atomic E-state index is 0.0682. The Balaban J connectivity index is 2.01. The van der Waals surface area contributed by atoms with Crippen molar-refractivity contribution in [1.82, 2.24) is 19.7 Å². The first-order valence-electron chi connectivity index (χ1n) is 7.60. The quantitative estimate of drug-likeness (QED) is 0.646. The van der Waals surface area contributed by atoms with Crippen LogP contribution in [0.25, 0.3) is 11.4 Å². The maximum Gasteiger partial charge on any atom is 0.418 e. The van der Waals surface area contributed by atoms with E-state index in [2.05, 4.69) is 15.1 Å². The molecule has 0 N–H and O–H groups in total. The Morgan fingerprint density at radius 1 is 1.00 bits per heavy atom. The van der Waals surface area contributed by atoms with Crippen LogP contribution in [-0.4, -0.2) is 19.7 Å². The molecule has 0 aromatic carbocycles. The number of hydrogen-bond acceptors (Lipinski definition) is 4. The third kappa shape index (κ3) is 4.15. The molecule has 3 heterocycles. The van der Waals surface area contributed by atoms with E-state index < -0.39 is 36.0 Å². The first-order chi connectivity index (χ1) is 12.8. The fraction of sp³-hybridized carbons (Fsp3) is 0.176. The Morgan fingerprint density at radius 2 is 1.78 bits per heavy atom. The van der Waals surface area contributed by atoms with E-state index in [1.165, 1.54) is 24.4 Å². The molecule has 5 nitrogen and oxygen atoms in total. The molecule has 0 atom stereocenters. The van der Waals surface area contributed by atoms with E-state index in [1.54, 1.807) is 0 Å². The predicted octanol–water partition coefficient (Wildman–Crippen LogP) is 3.71. The van der Waals surface area contributed by atoms with Crippen LogP contribution in [0.5, 0.6) is 0 Å². The van der Waals surface area contributed by atoms with Crippen LogP contribution in [0.2, 0.25) is 0 Å². The van der Waals surface area contributed by atoms with Crippen molar-refractivity contribution in [3.05, 3.63) is 76.0 Å². The molecule has 0 aliphatic heterocycles. The van der Waals surface area contributed by atoms with Crippen LogP contribution in [-0.2, 0) is 12.7 Å². The average molecular weight is 382 g/mol. The van der Waals surface area contributed by atoms with Gasteiger partial charge in [0.2, 0.25) is 0 Å². The van der Waals surface area contributed by atoms with Crippen molar-refractivity contribution in [2.45, 2.75) is 19.1 Å². The molecule has 0 aliphatic carbocycles. The number of pyridine rings is 2. The monoisotopic (exact) mass is 382 g/mol. The fourth-order valence-corrected chi connectivity index (χ4v) is 2.38. The van der Waals surface area contributed by atoms with E-state index in [0.717, 1.165) is 28.9 Å². The summed E-state index contributed by atoms with van der Waals surface area (Å²) in [5.41, 5.74) is -2.37. The number of alkyl halides is 5. The van der Waals surface area contributed by atoms with Gasteiger partial charge in [-0.2, -0.15) is 18.3 Å². The van der Waals surface area contributed by atoms with E-state index in [0.29, 0.717) is 0 Å². The molecule has 0 aliphatic rings. The molecule has 0 fully saturated rings. The summed E-state index contributed by atoms with van der Waals surface area (Å²) in [5.74, 6) is 0. The fourth-order valence-electron chi connectivity index (χ4n) is 2.38. The van der Waals surface area contributed by atoms with Gasteiger partial charge in [0.15, 0.2) is 0 Å². The Kier molecular flexibility index (Phi) is 4.98. The zero-order valence-corrected chi connectivity index (χ0v) is 13.5. The molecule has 0 bridgehead atoms. The average Bonchev–Trinajstić information content (AvgIpc) is 2.63. The van der Waals surface area contributed by atoms with Crippen LogP contribution in [0.1, 0.15) is 23.4 Å². The van der Waals surface area contributed by atoms with Crippen LogP contribution in [0, 0.1) is 0 Å². The lowest BCUT2D eigenvalue weighted by molar-refractivity contribution is -0.138. The first kappa shape index (κ1) is 18.6. The maximum absolute atomic E-state index is 13.1. The molecule has 140 valence electrons. The van der Waals surface area contributed by atoms with Crippen molar-refractivity contribution < 1.29 is 22.0 Å². The number of halogens is 5. The van der Waals surface area contributed by atoms with Crippen LogP contribution in [0.15, 0.2) is 53.5 Å². The molecule has 0 spiro atoms. The minimum atomic E-state index is -4.64. The van der Waals surface area contributed by atoms with E-state index in [4.69, 9.17) is 0 Å². The lowest BCUT2D eigenvalue weighted by atomic mass is 10.2. The molecule has 0 radical (unpaired) electrons. The van der Waals surface area contributed by atoms with Gasteiger partial charge in [-0.3, -0.25) is 9.78 Å². The normalized spacial score (nSPS) is 11.8. The first-order valence-corrected chi connectivity index (χ1v) is 7.60. The van der Waals surface area contributed by atoms with Gasteiger partial charge in [0.1, 0.15) is 11.4 Å². The summed E-state index contributed by atoms with van der Waals surface area (Å²) in [4.78, 5) is 19.4. The molecule has 0 saturated carbocycles. The molecule has 27 heavy (non-hydrogen) atoms. The Hall–Kier alpha value is -3.17. The summed E-state index contributed by atoms with van der Waals surface area (Å²) in [6.07, 6.45) is -6.26. The molecule has 0 amide bonds. The molecule has 10 heteroatoms. The summed E-state index contributed by atoms with van der Waals surface area (Å²) in [7, 11) is 0. The number of rotatable bonds is 4. The second kappa shape index (κ2) is 7.22. The van der Waals surface area contributed by atoms with Crippen LogP contribution >= 0.6 is 0 Å². The minimum Gasteiger partial charge on any atom is -0.268 e. The lowest BCUT2D eigenvalue weighted by Gasteiger charge is -2.12. The third-order valence-corrected chi connectivity index (χ3v) is 3.62. The van der Waals surface area contributed by atoms with Crippen LogP contribution in [0.3, 0.4) is 0 Å². The summed E-state index contributed by atoms with van der Waals surface area (Å²) < 4.78 is 65.6. The van der Waals surface area contributed by atoms with E-state index in [9.17, 15) is 26.7 Å². The summed E-state index contributed by atoms with van der Waals surface area (Å²) in [5, 5.41) is 3.95. The molecule has 0 unspecified atom stereocenters. The van der Waals surface area contributed by atoms with Crippen molar-refractivity contribution in [3.63, 3.8) is 0 Å². The number of aromatic nitrogens is 4. The van der Waals surface area contributed by atoms with Gasteiger partial charge in [0.05, 0.1) is 23.5 Å². The van der Waals surface area contributed by atoms with Crippen molar-refractivity contribution >= 4 is 0 Å². The summed E-state index contributed by atoms with van der Waals surface area (Å²) in [6.45, 7) is -0.531. The molecule has 0 saturated heterocycles. The Bertz CT molecular complexity index is 1020. The summed E-state index contributed by atoms with van der Waals surface area (Å²) >= 11 is 0. The highest BCUT2D eigenvalue weighted by molar-refractivity contribution is 5.53. The second-order valence-corrected chi connectivity index (χ2v) is 5.46. The topological polar surface area (TPSA) is 60.7 Å². The van der Waals surface area contributed by atoms with E-state index in [-0.39, 0.29) is 17.1 Å². The van der Waals surface area contributed by atoms with E-state index in [1.807, 2.05) is 0 Å². The van der Waals surface area contributed by atoms with Gasteiger partial charge >= 0.3 is 6.18 Å². The van der Waals surface area contributed by atoms with Gasteiger partial charge < -0.3 is 0 Å². The lowest BCUT2D eigenvalue weighted by Crippen LogP contribution is -2.25. The molecule has 3 aromatic rings. The molecule has 3 aromatic heterocycles. The highest BCUT2D eigenvalue weighted by atomic mass is 19.4. The van der Waals surface area contributed by atoms with Crippen molar-refractivity contribution in [1.29, 1.82) is 0 Å². The van der Waals surface area contributed by atoms with Crippen LogP contribution < -0.4 is 5.56 Å². The molecular formula is C17H11F5N4O. The zero-order valence-electron chi connectivity index (χ0n) is 13.5. The maximum atomic E-state index is 13.1. The highest BCUT2D eigenvalue weighted by Crippen LogP contribution is 2.31. The van der Waals surface area contributed by atoms with Gasteiger partial charge in [-0.1, -0.05) is 6.07 Å². The van der Waals surface area contributed by atoms with Gasteiger partial charge in [-0.05, 0) is 30.3 Å². The van der Waals surface area contributed by atoms with Gasteiger partial charge in [0.25, 0.3) is 12.0 Å². The van der Waals surface area contributed by atoms with Crippen molar-refractivity contribution in [3.8, 4) is 11.4 Å². The second-order valence-electron chi connectivity index (χ2n) is 5.46. The SMILES string of the molecule is O=c1ccc(-c2cccc(C(F)F)n2)nn1Cc1ncccc1C(F)(F)F. The van der Waals surface area contributed by atoms with E-state index >= 15 is 0 Å². The highest BCUT2D eigenvalue weighted by Gasteiger charge is 2.34. The van der Waals surface area contributed by atoms with Crippen molar-refractivity contribution in [2.24, 2.45) is 0 Å². The predicted molar refractivity (Wildman–Crippen MR) is 85.0 cm³/mol. The smallest absolute Gasteiger partial charge is 0.268 e. The van der Waals surface area contributed by atoms with Crippen molar-refractivity contribution in [2.75, 3.05) is 0 Å². The molecule has 3 rings (SSSR count). The Morgan fingerprint density at radius 3 is 2.48 bits per heavy atom. The zero-order chi connectivity index (χ0) is 19.6. The van der Waals surface area contributed by atoms with Gasteiger partial charge in [-0.15, -0.1) is 0 Å². The number of nitrogens with zero attached hydrogens (tertiary/aromatic N) is 4. The third-order valence-electron chi connectivity index (χ3n) is 3.62. The number of hydrogen-bond donors (Lipinski definition) is 0. The molecular weight excluding hydrogens is 371 g/mol. The van der Waals surface area contributed by atoms with Crippen LogP contribution in [0.4, 0.5) is 22.0 Å². The van der Waals surface area contributed by atoms with Gasteiger partial charge in [-0.25, -0.2) is 18.4 Å². The standard InChI is InChI=1S/C17H11F5N4O/c18-16(19)13-5-1-4-11(24-13)12-6-7-15(27)26(25-12)9-14-10(17(20,21)22)3-2-8-23-14/h1-8,16H,9H2. The largest absolute Gasteiger partial charge is 0.418 e. The summed E-state index contributed by atoms with van der Waals surface area (Å²) in [6, 6.07) is 8.22.